The molecule has 0 aromatic heterocycles. The van der Waals surface area contributed by atoms with Crippen LogP contribution in [0.25, 0.3) is 0 Å². The summed E-state index contributed by atoms with van der Waals surface area (Å²) in [6, 6.07) is 4.65. The van der Waals surface area contributed by atoms with E-state index in [0.717, 1.165) is 5.56 Å². The van der Waals surface area contributed by atoms with Crippen molar-refractivity contribution in [1.82, 2.24) is 45.8 Å². The summed E-state index contributed by atoms with van der Waals surface area (Å²) in [5, 5.41) is 49.4. The van der Waals surface area contributed by atoms with E-state index in [1.165, 1.54) is 11.8 Å². The Morgan fingerprint density at radius 3 is 1.81 bits per heavy atom. The summed E-state index contributed by atoms with van der Waals surface area (Å²) in [5.74, 6) is -5.58. The minimum atomic E-state index is -1.66. The van der Waals surface area contributed by atoms with Gasteiger partial charge >= 0.3 is 19.1 Å². The molecule has 0 unspecified atom stereocenters. The van der Waals surface area contributed by atoms with Gasteiger partial charge in [-0.2, -0.15) is 0 Å². The van der Waals surface area contributed by atoms with E-state index in [9.17, 15) is 58.6 Å². The molecule has 3 atom stereocenters. The zero-order chi connectivity index (χ0) is 50.2. The van der Waals surface area contributed by atoms with Crippen molar-refractivity contribution in [2.75, 3.05) is 98.2 Å². The van der Waals surface area contributed by atoms with Crippen LogP contribution in [0.3, 0.4) is 0 Å². The van der Waals surface area contributed by atoms with E-state index in [1.807, 2.05) is 0 Å². The van der Waals surface area contributed by atoms with Gasteiger partial charge in [-0.05, 0) is 63.1 Å². The number of guanidine groups is 1. The van der Waals surface area contributed by atoms with Crippen molar-refractivity contribution in [3.63, 3.8) is 0 Å². The highest BCUT2D eigenvalue weighted by Gasteiger charge is 2.38. The predicted octanol–water partition coefficient (Wildman–Crippen LogP) is -4.87. The number of hydrogen-bond acceptors (Lipinski definition) is 15. The lowest BCUT2D eigenvalue weighted by Crippen LogP contribution is -2.52. The van der Waals surface area contributed by atoms with E-state index in [4.69, 9.17) is 17.2 Å². The summed E-state index contributed by atoms with van der Waals surface area (Å²) in [4.78, 5) is 113. The normalized spacial score (nSPS) is 17.6. The lowest BCUT2D eigenvalue weighted by molar-refractivity contribution is -0.139. The third-order valence-electron chi connectivity index (χ3n) is 11.5. The van der Waals surface area contributed by atoms with E-state index < -0.39 is 66.6 Å². The fourth-order valence-electron chi connectivity index (χ4n) is 7.80. The van der Waals surface area contributed by atoms with Crippen molar-refractivity contribution in [2.45, 2.75) is 76.4 Å². The minimum Gasteiger partial charge on any atom is -0.480 e. The van der Waals surface area contributed by atoms with Crippen LogP contribution in [-0.4, -0.2) is 221 Å². The number of nitrogens with two attached hydrogens (primary N) is 3. The van der Waals surface area contributed by atoms with Gasteiger partial charge in [-0.1, -0.05) is 12.1 Å². The zero-order valence-electron chi connectivity index (χ0n) is 38.9. The molecular weight excluding hydrogens is 889 g/mol. The van der Waals surface area contributed by atoms with Crippen molar-refractivity contribution in [2.24, 2.45) is 22.2 Å². The number of aliphatic imine (C=N–C) groups is 1. The third-order valence-corrected chi connectivity index (χ3v) is 11.5. The van der Waals surface area contributed by atoms with E-state index in [1.54, 1.807) is 43.9 Å². The van der Waals surface area contributed by atoms with Crippen molar-refractivity contribution < 1.29 is 58.6 Å². The fourth-order valence-corrected chi connectivity index (χ4v) is 7.80. The third kappa shape index (κ3) is 21.8. The molecule has 25 nitrogen and oxygen atoms in total. The van der Waals surface area contributed by atoms with Gasteiger partial charge in [0.15, 0.2) is 5.96 Å². The Hall–Kier alpha value is -5.93. The SMILES string of the molecule is C[C@@H](NC(=O)c1ccc(CNC(=O)CCCCNC(=O)[C@H](CCCN=C(N)N)NC(=O)CN2CCN(CC(=O)O)CCN(CC(N)=O)CCN(CC(=O)O)CC2)cc1)C(=O)N1CCC[C@H]1B(O)O. The van der Waals surface area contributed by atoms with Gasteiger partial charge in [0.1, 0.15) is 12.1 Å². The van der Waals surface area contributed by atoms with Crippen molar-refractivity contribution >= 4 is 60.5 Å². The van der Waals surface area contributed by atoms with Crippen LogP contribution in [0, 0.1) is 0 Å². The Morgan fingerprint density at radius 1 is 0.721 bits per heavy atom. The summed E-state index contributed by atoms with van der Waals surface area (Å²) in [6.07, 6.45) is 2.70. The summed E-state index contributed by atoms with van der Waals surface area (Å²) in [6.45, 7) is 3.79. The second-order valence-corrected chi connectivity index (χ2v) is 17.0. The van der Waals surface area contributed by atoms with E-state index >= 15 is 0 Å². The van der Waals surface area contributed by atoms with Gasteiger partial charge in [0.2, 0.25) is 29.5 Å². The van der Waals surface area contributed by atoms with Gasteiger partial charge in [0.05, 0.1) is 32.1 Å². The lowest BCUT2D eigenvalue weighted by atomic mass is 9.78. The molecule has 6 amide bonds. The van der Waals surface area contributed by atoms with Gasteiger partial charge in [0, 0.05) is 90.5 Å². The molecule has 0 spiro atoms. The zero-order valence-corrected chi connectivity index (χ0v) is 38.9. The Balaban J connectivity index is 1.50. The fraction of sp³-hybridized carbons (Fsp3) is 0.643. The van der Waals surface area contributed by atoms with Crippen LogP contribution in [0.15, 0.2) is 29.3 Å². The molecule has 0 bridgehead atoms. The topological polar surface area (TPSA) is 372 Å². The summed E-state index contributed by atoms with van der Waals surface area (Å²) in [5.41, 5.74) is 17.4. The molecule has 2 saturated heterocycles. The highest BCUT2D eigenvalue weighted by atomic mass is 16.4. The van der Waals surface area contributed by atoms with Crippen LogP contribution in [0.5, 0.6) is 0 Å². The van der Waals surface area contributed by atoms with Gasteiger partial charge in [-0.15, -0.1) is 0 Å². The molecule has 1 aromatic rings. The highest BCUT2D eigenvalue weighted by molar-refractivity contribution is 6.43. The number of nitrogens with zero attached hydrogens (tertiary/aromatic N) is 6. The highest BCUT2D eigenvalue weighted by Crippen LogP contribution is 2.19. The molecule has 0 radical (unpaired) electrons. The average Bonchev–Trinajstić information content (AvgIpc) is 3.77. The number of carbonyl (C=O) groups excluding carboxylic acids is 6. The molecule has 68 heavy (non-hydrogen) atoms. The number of hydrogen-bond donors (Lipinski definition) is 11. The monoisotopic (exact) mass is 960 g/mol. The van der Waals surface area contributed by atoms with Gasteiger partial charge in [-0.3, -0.25) is 62.9 Å². The van der Waals surface area contributed by atoms with Crippen LogP contribution >= 0.6 is 0 Å². The van der Waals surface area contributed by atoms with Crippen LogP contribution in [0.4, 0.5) is 0 Å². The molecule has 378 valence electrons. The number of aliphatic carboxylic acids is 2. The molecule has 2 fully saturated rings. The summed E-state index contributed by atoms with van der Waals surface area (Å²) in [7, 11) is -1.66. The average molecular weight is 960 g/mol. The number of carboxylic acids is 2. The number of nitrogens with one attached hydrogen (secondary N) is 4. The van der Waals surface area contributed by atoms with Crippen molar-refractivity contribution in [3.8, 4) is 0 Å². The standard InChI is InChI=1S/C42H70BN13O12/c1-29(41(66)56-15-5-7-33(56)43(67)68)50-39(64)31-11-9-30(10-12-31)24-49-35(58)8-2-3-13-47-40(65)32(6-4-14-48-42(45)46)51-36(59)26-53-18-22-54(27-37(60)61)20-16-52(25-34(44)57)17-21-55(23-19-53)28-38(62)63/h9-12,29,32-33,67-68H,2-8,13-28H2,1H3,(H2,44,57)(H,47,65)(H,49,58)(H,50,64)(H,51,59)(H,60,61)(H,62,63)(H4,45,46,48)/t29-,32+,33+/m1/s1. The molecule has 26 heteroatoms. The quantitative estimate of drug-likeness (QED) is 0.0189. The number of unbranched alkanes of at least 4 members (excludes halogenated alkanes) is 1. The molecule has 0 saturated carbocycles. The summed E-state index contributed by atoms with van der Waals surface area (Å²) >= 11 is 0. The maximum atomic E-state index is 13.5. The van der Waals surface area contributed by atoms with Crippen LogP contribution < -0.4 is 38.5 Å². The van der Waals surface area contributed by atoms with E-state index in [2.05, 4.69) is 26.3 Å². The Morgan fingerprint density at radius 2 is 1.28 bits per heavy atom. The molecule has 0 aliphatic carbocycles. The largest absolute Gasteiger partial charge is 0.480 e. The molecule has 3 rings (SSSR count). The number of likely N-dealkylation sites (tertiary alicyclic amines) is 1. The second-order valence-electron chi connectivity index (χ2n) is 17.0. The van der Waals surface area contributed by atoms with Crippen LogP contribution in [-0.2, 0) is 40.1 Å². The van der Waals surface area contributed by atoms with Gasteiger partial charge in [0.25, 0.3) is 5.91 Å². The number of amides is 6. The minimum absolute atomic E-state index is 0.0782. The first-order valence-corrected chi connectivity index (χ1v) is 22.9. The van der Waals surface area contributed by atoms with Crippen molar-refractivity contribution in [3.05, 3.63) is 35.4 Å². The van der Waals surface area contributed by atoms with E-state index in [0.29, 0.717) is 57.3 Å². The first-order valence-electron chi connectivity index (χ1n) is 22.9. The molecule has 14 N–H and O–H groups in total. The number of carboxylic acid groups (broad SMARTS) is 2. The Bertz CT molecular complexity index is 1840. The first-order chi connectivity index (χ1) is 32.3. The maximum absolute atomic E-state index is 13.5. The molecule has 2 heterocycles. The van der Waals surface area contributed by atoms with Gasteiger partial charge < -0.3 is 63.6 Å². The smallest absolute Gasteiger partial charge is 0.475 e. The Labute approximate surface area is 396 Å². The second kappa shape index (κ2) is 29.8. The van der Waals surface area contributed by atoms with Crippen LogP contribution in [0.2, 0.25) is 0 Å². The van der Waals surface area contributed by atoms with Crippen LogP contribution in [0.1, 0.15) is 67.8 Å². The number of carbonyl (C=O) groups is 8. The molecule has 2 aliphatic rings. The van der Waals surface area contributed by atoms with Gasteiger partial charge in [-0.25, -0.2) is 0 Å². The lowest BCUT2D eigenvalue weighted by Gasteiger charge is -2.33. The predicted molar refractivity (Wildman–Crippen MR) is 249 cm³/mol. The van der Waals surface area contributed by atoms with E-state index in [-0.39, 0.29) is 110 Å². The number of primary amides is 1. The maximum Gasteiger partial charge on any atom is 0.475 e. The first kappa shape index (κ1) is 56.4. The summed E-state index contributed by atoms with van der Waals surface area (Å²) < 4.78 is 0. The molecule has 1 aromatic carbocycles. The number of benzene rings is 1. The molecular formula is C42H70BN13O12. The Kier molecular flexibility index (Phi) is 24.7. The number of rotatable bonds is 25. The molecule has 2 aliphatic heterocycles. The van der Waals surface area contributed by atoms with Crippen molar-refractivity contribution in [1.29, 1.82) is 0 Å².